The van der Waals surface area contributed by atoms with Crippen LogP contribution in [0.3, 0.4) is 0 Å². The number of benzene rings is 1. The molecule has 4 rings (SSSR count). The van der Waals surface area contributed by atoms with Crippen LogP contribution in [0.15, 0.2) is 54.7 Å². The maximum atomic E-state index is 12.4. The summed E-state index contributed by atoms with van der Waals surface area (Å²) in [5.41, 5.74) is 2.71. The van der Waals surface area contributed by atoms with E-state index >= 15 is 0 Å². The highest BCUT2D eigenvalue weighted by Crippen LogP contribution is 2.19. The number of nitrogens with one attached hydrogen (secondary N) is 1. The van der Waals surface area contributed by atoms with Gasteiger partial charge in [0, 0.05) is 43.0 Å². The number of fused-ring (bicyclic) bond motifs is 1. The fraction of sp³-hybridized carbons (Fsp3) is 0.273. The van der Waals surface area contributed by atoms with Crippen LogP contribution < -0.4 is 5.32 Å². The molecule has 3 heterocycles. The standard InChI is InChI=1S/C22H22Cl2N4O/c23-17-6-4-16(5-7-17)15-27-13-10-18(11-14-27)25-21(29)9-8-19-22(24)26-20-3-1-2-12-28(19)20/h1-9,12,18H,10-11,13-15H2,(H,25,29)/b9-8+. The second kappa shape index (κ2) is 8.99. The van der Waals surface area contributed by atoms with Crippen molar-refractivity contribution >= 4 is 40.8 Å². The lowest BCUT2D eigenvalue weighted by Crippen LogP contribution is -2.43. The molecule has 1 amide bonds. The van der Waals surface area contributed by atoms with Gasteiger partial charge in [-0.2, -0.15) is 0 Å². The number of halogens is 2. The van der Waals surface area contributed by atoms with Crippen LogP contribution in [-0.4, -0.2) is 39.3 Å². The van der Waals surface area contributed by atoms with Crippen molar-refractivity contribution in [3.8, 4) is 0 Å². The number of piperidine rings is 1. The molecule has 1 saturated heterocycles. The number of imidazole rings is 1. The van der Waals surface area contributed by atoms with E-state index in [-0.39, 0.29) is 11.9 Å². The molecule has 1 aliphatic heterocycles. The maximum Gasteiger partial charge on any atom is 0.244 e. The zero-order valence-electron chi connectivity index (χ0n) is 15.9. The molecule has 5 nitrogen and oxygen atoms in total. The van der Waals surface area contributed by atoms with Gasteiger partial charge in [-0.05, 0) is 48.7 Å². The lowest BCUT2D eigenvalue weighted by atomic mass is 10.0. The quantitative estimate of drug-likeness (QED) is 0.611. The van der Waals surface area contributed by atoms with Crippen LogP contribution >= 0.6 is 23.2 Å². The smallest absolute Gasteiger partial charge is 0.244 e. The van der Waals surface area contributed by atoms with Crippen LogP contribution in [0, 0.1) is 0 Å². The van der Waals surface area contributed by atoms with Gasteiger partial charge in [0.2, 0.25) is 5.91 Å². The van der Waals surface area contributed by atoms with Gasteiger partial charge in [-0.15, -0.1) is 0 Å². The van der Waals surface area contributed by atoms with Gasteiger partial charge in [0.25, 0.3) is 0 Å². The normalized spacial score (nSPS) is 15.9. The molecule has 0 spiro atoms. The van der Waals surface area contributed by atoms with Crippen molar-refractivity contribution in [2.75, 3.05) is 13.1 Å². The third-order valence-electron chi connectivity index (χ3n) is 5.17. The Morgan fingerprint density at radius 1 is 1.14 bits per heavy atom. The summed E-state index contributed by atoms with van der Waals surface area (Å²) < 4.78 is 1.86. The maximum absolute atomic E-state index is 12.4. The van der Waals surface area contributed by atoms with Gasteiger partial charge < -0.3 is 5.32 Å². The average Bonchev–Trinajstić information content (AvgIpc) is 3.04. The number of hydrogen-bond donors (Lipinski definition) is 1. The number of carbonyl (C=O) groups is 1. The van der Waals surface area contributed by atoms with Gasteiger partial charge in [-0.1, -0.05) is 41.4 Å². The van der Waals surface area contributed by atoms with E-state index in [1.54, 1.807) is 6.08 Å². The van der Waals surface area contributed by atoms with Crippen molar-refractivity contribution < 1.29 is 4.79 Å². The Balaban J connectivity index is 1.29. The molecule has 0 unspecified atom stereocenters. The molecule has 0 bridgehead atoms. The molecule has 0 radical (unpaired) electrons. The lowest BCUT2D eigenvalue weighted by Gasteiger charge is -2.32. The Bertz CT molecular complexity index is 1020. The highest BCUT2D eigenvalue weighted by atomic mass is 35.5. The Morgan fingerprint density at radius 2 is 1.90 bits per heavy atom. The molecule has 1 aliphatic rings. The van der Waals surface area contributed by atoms with Crippen LogP contribution in [-0.2, 0) is 11.3 Å². The number of hydrogen-bond acceptors (Lipinski definition) is 3. The van der Waals surface area contributed by atoms with Crippen molar-refractivity contribution in [2.45, 2.75) is 25.4 Å². The molecule has 150 valence electrons. The largest absolute Gasteiger partial charge is 0.350 e. The van der Waals surface area contributed by atoms with Gasteiger partial charge in [0.1, 0.15) is 5.65 Å². The zero-order valence-corrected chi connectivity index (χ0v) is 17.4. The van der Waals surface area contributed by atoms with Crippen molar-refractivity contribution in [2.24, 2.45) is 0 Å². The summed E-state index contributed by atoms with van der Waals surface area (Å²) in [5, 5.41) is 4.24. The number of likely N-dealkylation sites (tertiary alicyclic amines) is 1. The van der Waals surface area contributed by atoms with E-state index in [0.29, 0.717) is 10.8 Å². The van der Waals surface area contributed by atoms with Crippen LogP contribution in [0.25, 0.3) is 11.7 Å². The minimum absolute atomic E-state index is 0.108. The van der Waals surface area contributed by atoms with Crippen LogP contribution in [0.2, 0.25) is 10.2 Å². The van der Waals surface area contributed by atoms with E-state index < -0.39 is 0 Å². The summed E-state index contributed by atoms with van der Waals surface area (Å²) in [6.45, 7) is 2.82. The summed E-state index contributed by atoms with van der Waals surface area (Å²) in [5.74, 6) is -0.108. The number of aromatic nitrogens is 2. The lowest BCUT2D eigenvalue weighted by molar-refractivity contribution is -0.117. The van der Waals surface area contributed by atoms with E-state index in [1.807, 2.05) is 40.9 Å². The number of carbonyl (C=O) groups excluding carboxylic acids is 1. The van der Waals surface area contributed by atoms with Crippen molar-refractivity contribution in [3.05, 3.63) is 76.2 Å². The highest BCUT2D eigenvalue weighted by Gasteiger charge is 2.20. The molecule has 0 saturated carbocycles. The summed E-state index contributed by atoms with van der Waals surface area (Å²) in [7, 11) is 0. The van der Waals surface area contributed by atoms with Gasteiger partial charge in [-0.25, -0.2) is 4.98 Å². The minimum atomic E-state index is -0.108. The molecule has 1 aromatic carbocycles. The molecule has 2 aromatic heterocycles. The number of amides is 1. The Labute approximate surface area is 179 Å². The first-order valence-electron chi connectivity index (χ1n) is 9.66. The third-order valence-corrected chi connectivity index (χ3v) is 5.70. The van der Waals surface area contributed by atoms with E-state index in [1.165, 1.54) is 11.6 Å². The average molecular weight is 429 g/mol. The minimum Gasteiger partial charge on any atom is -0.350 e. The molecular formula is C22H22Cl2N4O. The predicted octanol–water partition coefficient (Wildman–Crippen LogP) is 4.44. The zero-order chi connectivity index (χ0) is 20.2. The Kier molecular flexibility index (Phi) is 6.19. The molecule has 1 fully saturated rings. The number of nitrogens with zero attached hydrogens (tertiary/aromatic N) is 3. The molecule has 1 N–H and O–H groups in total. The summed E-state index contributed by atoms with van der Waals surface area (Å²) in [6, 6.07) is 13.8. The molecule has 0 aliphatic carbocycles. The van der Waals surface area contributed by atoms with Crippen LogP contribution in [0.4, 0.5) is 0 Å². The van der Waals surface area contributed by atoms with Crippen molar-refractivity contribution in [1.29, 1.82) is 0 Å². The Morgan fingerprint density at radius 3 is 2.66 bits per heavy atom. The molecule has 7 heteroatoms. The van der Waals surface area contributed by atoms with E-state index in [0.717, 1.165) is 43.1 Å². The molecule has 29 heavy (non-hydrogen) atoms. The van der Waals surface area contributed by atoms with E-state index in [4.69, 9.17) is 23.2 Å². The second-order valence-electron chi connectivity index (χ2n) is 7.24. The summed E-state index contributed by atoms with van der Waals surface area (Å²) >= 11 is 12.2. The first-order valence-corrected chi connectivity index (χ1v) is 10.4. The van der Waals surface area contributed by atoms with Crippen LogP contribution in [0.5, 0.6) is 0 Å². The molecule has 0 atom stereocenters. The van der Waals surface area contributed by atoms with Gasteiger partial charge in [-0.3, -0.25) is 14.1 Å². The number of rotatable bonds is 5. The monoisotopic (exact) mass is 428 g/mol. The van der Waals surface area contributed by atoms with E-state index in [9.17, 15) is 4.79 Å². The first-order chi connectivity index (χ1) is 14.1. The van der Waals surface area contributed by atoms with Gasteiger partial charge >= 0.3 is 0 Å². The molecule has 3 aromatic rings. The summed E-state index contributed by atoms with van der Waals surface area (Å²) in [6.07, 6.45) is 6.99. The van der Waals surface area contributed by atoms with Crippen molar-refractivity contribution in [3.63, 3.8) is 0 Å². The summed E-state index contributed by atoms with van der Waals surface area (Å²) in [4.78, 5) is 19.1. The fourth-order valence-electron chi connectivity index (χ4n) is 3.62. The van der Waals surface area contributed by atoms with Gasteiger partial charge in [0.05, 0.1) is 5.69 Å². The third kappa shape index (κ3) is 4.99. The van der Waals surface area contributed by atoms with Crippen LogP contribution in [0.1, 0.15) is 24.1 Å². The SMILES string of the molecule is O=C(/C=C/c1c(Cl)nc2ccccn12)NC1CCN(Cc2ccc(Cl)cc2)CC1. The highest BCUT2D eigenvalue weighted by molar-refractivity contribution is 6.31. The van der Waals surface area contributed by atoms with Crippen molar-refractivity contribution in [1.82, 2.24) is 19.6 Å². The Hall–Kier alpha value is -2.34. The van der Waals surface area contributed by atoms with Gasteiger partial charge in [0.15, 0.2) is 5.15 Å². The predicted molar refractivity (Wildman–Crippen MR) is 117 cm³/mol. The van der Waals surface area contributed by atoms with E-state index in [2.05, 4.69) is 27.3 Å². The molecular weight excluding hydrogens is 407 g/mol. The number of pyridine rings is 1. The fourth-order valence-corrected chi connectivity index (χ4v) is 3.99. The first kappa shape index (κ1) is 20.0. The second-order valence-corrected chi connectivity index (χ2v) is 8.03. The topological polar surface area (TPSA) is 49.6 Å².